The van der Waals surface area contributed by atoms with E-state index in [2.05, 4.69) is 79.6 Å². The number of likely N-dealkylation sites (tertiary alicyclic amines) is 1. The van der Waals surface area contributed by atoms with E-state index in [0.29, 0.717) is 12.6 Å². The molecule has 2 aromatic rings. The number of amides is 1. The van der Waals surface area contributed by atoms with Gasteiger partial charge in [-0.25, -0.2) is 0 Å². The van der Waals surface area contributed by atoms with Gasteiger partial charge < -0.3 is 15.1 Å². The third-order valence-corrected chi connectivity index (χ3v) is 6.51. The van der Waals surface area contributed by atoms with Crippen LogP contribution in [0.1, 0.15) is 32.0 Å². The molecule has 1 unspecified atom stereocenters. The van der Waals surface area contributed by atoms with Crippen molar-refractivity contribution < 1.29 is 19.4 Å². The molecule has 0 radical (unpaired) electrons. The van der Waals surface area contributed by atoms with E-state index in [-0.39, 0.29) is 18.7 Å². The monoisotopic (exact) mass is 449 g/mol. The molecule has 4 nitrogen and oxygen atoms in total. The quantitative estimate of drug-likeness (QED) is 0.702. The number of benzene rings is 2. The average Bonchev–Trinajstić information content (AvgIpc) is 2.96. The highest BCUT2D eigenvalue weighted by Gasteiger charge is 2.39. The molecule has 4 rings (SSSR count). The lowest BCUT2D eigenvalue weighted by Crippen LogP contribution is -2.51. The smallest absolute Gasteiger partial charge is 0.379 e. The van der Waals surface area contributed by atoms with E-state index in [9.17, 15) is 18.0 Å². The number of rotatable bonds is 5. The van der Waals surface area contributed by atoms with E-state index in [1.807, 2.05) is 11.9 Å². The van der Waals surface area contributed by atoms with E-state index >= 15 is 0 Å². The van der Waals surface area contributed by atoms with Crippen LogP contribution in [-0.2, 0) is 23.2 Å². The second-order valence-corrected chi connectivity index (χ2v) is 9.34. The summed E-state index contributed by atoms with van der Waals surface area (Å²) in [4.78, 5) is 16.5. The summed E-state index contributed by atoms with van der Waals surface area (Å²) < 4.78 is 29.0. The van der Waals surface area contributed by atoms with Crippen molar-refractivity contribution in [2.45, 2.75) is 44.9 Å². The van der Waals surface area contributed by atoms with Crippen molar-refractivity contribution in [3.63, 3.8) is 0 Å². The Balaban J connectivity index is 0.000000714. The maximum Gasteiger partial charge on any atom is 0.379 e. The Morgan fingerprint density at radius 2 is 1.75 bits per heavy atom. The minimum absolute atomic E-state index is 0. The summed E-state index contributed by atoms with van der Waals surface area (Å²) in [5.74, 6) is 0.424. The standard InChI is InChI=1S/C24H31N3O.CHF3.H2/c1-24(2)21-8-6-5-7-18(21)13-22(24)25-20-11-9-17(10-12-20)14-27(4)23(28)19-15-26(3)16-19;2-1(3)4;/h5-12,19,22,25H,13-16H2,1-4H3;1H;1H. The topological polar surface area (TPSA) is 35.6 Å². The molecule has 1 N–H and O–H groups in total. The van der Waals surface area contributed by atoms with E-state index in [1.54, 1.807) is 0 Å². The fourth-order valence-corrected chi connectivity index (χ4v) is 4.65. The molecule has 1 amide bonds. The number of nitrogens with zero attached hydrogens (tertiary/aromatic N) is 2. The molecule has 0 spiro atoms. The highest BCUT2D eigenvalue weighted by molar-refractivity contribution is 5.80. The molecule has 0 bridgehead atoms. The number of carbonyl (C=O) groups is 1. The van der Waals surface area contributed by atoms with Gasteiger partial charge in [0.2, 0.25) is 5.91 Å². The molecule has 1 aliphatic carbocycles. The van der Waals surface area contributed by atoms with Crippen LogP contribution in [-0.4, -0.2) is 55.6 Å². The van der Waals surface area contributed by atoms with Crippen molar-refractivity contribution >= 4 is 11.6 Å². The van der Waals surface area contributed by atoms with Gasteiger partial charge in [-0.3, -0.25) is 4.79 Å². The first-order chi connectivity index (χ1) is 15.1. The van der Waals surface area contributed by atoms with Crippen LogP contribution in [0.25, 0.3) is 0 Å². The predicted molar refractivity (Wildman–Crippen MR) is 124 cm³/mol. The van der Waals surface area contributed by atoms with Crippen LogP contribution in [0, 0.1) is 5.92 Å². The van der Waals surface area contributed by atoms with Crippen LogP contribution in [0.15, 0.2) is 48.5 Å². The molecule has 2 aromatic carbocycles. The number of anilines is 1. The molecule has 1 heterocycles. The number of hydrogen-bond acceptors (Lipinski definition) is 3. The normalized spacial score (nSPS) is 19.6. The Bertz CT molecular complexity index is 915. The summed E-state index contributed by atoms with van der Waals surface area (Å²) in [6.07, 6.45) is 1.05. The van der Waals surface area contributed by atoms with Crippen molar-refractivity contribution in [2.24, 2.45) is 5.92 Å². The molecule has 1 aliphatic heterocycles. The maximum atomic E-state index is 12.4. The van der Waals surface area contributed by atoms with E-state index < -0.39 is 6.68 Å². The van der Waals surface area contributed by atoms with Gasteiger partial charge >= 0.3 is 6.68 Å². The summed E-state index contributed by atoms with van der Waals surface area (Å²) in [5, 5.41) is 3.74. The van der Waals surface area contributed by atoms with Crippen molar-refractivity contribution in [3.05, 3.63) is 65.2 Å². The molecular formula is C25H34F3N3O. The first-order valence-corrected chi connectivity index (χ1v) is 10.9. The summed E-state index contributed by atoms with van der Waals surface area (Å²) in [6, 6.07) is 17.7. The van der Waals surface area contributed by atoms with Crippen LogP contribution in [0.4, 0.5) is 18.9 Å². The van der Waals surface area contributed by atoms with Gasteiger partial charge in [0.25, 0.3) is 0 Å². The molecule has 1 saturated heterocycles. The molecule has 1 atom stereocenters. The summed E-state index contributed by atoms with van der Waals surface area (Å²) >= 11 is 0. The van der Waals surface area contributed by atoms with Crippen molar-refractivity contribution in [1.29, 1.82) is 0 Å². The van der Waals surface area contributed by atoms with Crippen LogP contribution in [0.5, 0.6) is 0 Å². The number of fused-ring (bicyclic) bond motifs is 1. The van der Waals surface area contributed by atoms with Crippen LogP contribution >= 0.6 is 0 Å². The van der Waals surface area contributed by atoms with E-state index in [4.69, 9.17) is 0 Å². The zero-order valence-electron chi connectivity index (χ0n) is 19.1. The predicted octanol–water partition coefficient (Wildman–Crippen LogP) is 4.95. The number of halogens is 3. The van der Waals surface area contributed by atoms with Gasteiger partial charge in [-0.15, -0.1) is 0 Å². The lowest BCUT2D eigenvalue weighted by molar-refractivity contribution is -0.139. The minimum Gasteiger partial charge on any atom is -0.381 e. The van der Waals surface area contributed by atoms with Crippen LogP contribution in [0.3, 0.4) is 0 Å². The Morgan fingerprint density at radius 3 is 2.31 bits per heavy atom. The van der Waals surface area contributed by atoms with Gasteiger partial charge in [0.05, 0.1) is 5.92 Å². The number of carbonyl (C=O) groups excluding carboxylic acids is 1. The van der Waals surface area contributed by atoms with Crippen molar-refractivity contribution in [2.75, 3.05) is 32.5 Å². The van der Waals surface area contributed by atoms with Gasteiger partial charge in [-0.05, 0) is 42.3 Å². The second-order valence-electron chi connectivity index (χ2n) is 9.34. The summed E-state index contributed by atoms with van der Waals surface area (Å²) in [6.45, 7) is 3.41. The molecule has 2 aliphatic rings. The number of hydrogen-bond donors (Lipinski definition) is 1. The largest absolute Gasteiger partial charge is 0.381 e. The molecular weight excluding hydrogens is 415 g/mol. The van der Waals surface area contributed by atoms with Gasteiger partial charge in [-0.1, -0.05) is 50.2 Å². The fraction of sp³-hybridized carbons (Fsp3) is 0.480. The zero-order chi connectivity index (χ0) is 23.5. The first kappa shape index (κ1) is 24.1. The fourth-order valence-electron chi connectivity index (χ4n) is 4.65. The number of nitrogens with one attached hydrogen (secondary N) is 1. The molecule has 176 valence electrons. The van der Waals surface area contributed by atoms with E-state index in [1.165, 1.54) is 16.7 Å². The molecule has 1 fully saturated rings. The number of alkyl halides is 3. The van der Waals surface area contributed by atoms with E-state index in [0.717, 1.165) is 25.2 Å². The SMILES string of the molecule is CN1CC(C(=O)N(C)Cc2ccc(NC3Cc4ccccc4C3(C)C)cc2)C1.FC(F)F.[HH]. The Hall–Kier alpha value is -2.54. The molecule has 0 saturated carbocycles. The second kappa shape index (κ2) is 9.94. The minimum atomic E-state index is -3.67. The zero-order valence-corrected chi connectivity index (χ0v) is 19.1. The highest BCUT2D eigenvalue weighted by atomic mass is 19.4. The summed E-state index contributed by atoms with van der Waals surface area (Å²) in [7, 11) is 3.96. The Labute approximate surface area is 189 Å². The third kappa shape index (κ3) is 5.63. The van der Waals surface area contributed by atoms with Gasteiger partial charge in [-0.2, -0.15) is 13.2 Å². The Morgan fingerprint density at radius 1 is 1.16 bits per heavy atom. The third-order valence-electron chi connectivity index (χ3n) is 6.51. The van der Waals surface area contributed by atoms with Crippen LogP contribution < -0.4 is 5.32 Å². The van der Waals surface area contributed by atoms with Gasteiger partial charge in [0, 0.05) is 45.3 Å². The molecule has 32 heavy (non-hydrogen) atoms. The Kier molecular flexibility index (Phi) is 7.49. The molecule has 7 heteroatoms. The van der Waals surface area contributed by atoms with Crippen LogP contribution in [0.2, 0.25) is 0 Å². The van der Waals surface area contributed by atoms with Gasteiger partial charge in [0.1, 0.15) is 0 Å². The van der Waals surface area contributed by atoms with Crippen molar-refractivity contribution in [3.8, 4) is 0 Å². The lowest BCUT2D eigenvalue weighted by atomic mass is 9.83. The lowest BCUT2D eigenvalue weighted by Gasteiger charge is -2.37. The maximum absolute atomic E-state index is 12.4. The molecule has 0 aromatic heterocycles. The highest BCUT2D eigenvalue weighted by Crippen LogP contribution is 2.39. The van der Waals surface area contributed by atoms with Gasteiger partial charge in [0.15, 0.2) is 0 Å². The van der Waals surface area contributed by atoms with Crippen molar-refractivity contribution in [1.82, 2.24) is 9.80 Å². The average molecular weight is 450 g/mol. The first-order valence-electron chi connectivity index (χ1n) is 10.9. The summed E-state index contributed by atoms with van der Waals surface area (Å²) in [5.41, 5.74) is 5.32.